The molecule has 1 aliphatic carbocycles. The summed E-state index contributed by atoms with van der Waals surface area (Å²) < 4.78 is 0. The molecule has 0 aromatic heterocycles. The molecule has 22 heavy (non-hydrogen) atoms. The molecule has 3 rings (SSSR count). The molecule has 5 heteroatoms. The van der Waals surface area contributed by atoms with Crippen LogP contribution in [0.5, 0.6) is 0 Å². The van der Waals surface area contributed by atoms with Gasteiger partial charge in [0.1, 0.15) is 0 Å². The van der Waals surface area contributed by atoms with Gasteiger partial charge in [0, 0.05) is 36.3 Å². The highest BCUT2D eigenvalue weighted by Gasteiger charge is 2.39. The average Bonchev–Trinajstić information content (AvgIpc) is 3.08. The quantitative estimate of drug-likeness (QED) is 0.891. The Balaban J connectivity index is 1.63. The SMILES string of the molecule is CC1CC1C(=O)Nc1ccc(C(=O)N2CCCC2CN)cc1. The summed E-state index contributed by atoms with van der Waals surface area (Å²) in [5.41, 5.74) is 7.12. The first kappa shape index (κ1) is 15.0. The van der Waals surface area contributed by atoms with Crippen molar-refractivity contribution in [3.63, 3.8) is 0 Å². The van der Waals surface area contributed by atoms with Crippen LogP contribution in [0.4, 0.5) is 5.69 Å². The Morgan fingerprint density at radius 3 is 2.59 bits per heavy atom. The van der Waals surface area contributed by atoms with E-state index in [2.05, 4.69) is 12.2 Å². The van der Waals surface area contributed by atoms with Crippen LogP contribution in [0, 0.1) is 11.8 Å². The predicted molar refractivity (Wildman–Crippen MR) is 85.5 cm³/mol. The first-order valence-electron chi connectivity index (χ1n) is 8.02. The molecule has 0 radical (unpaired) electrons. The Morgan fingerprint density at radius 2 is 2.00 bits per heavy atom. The minimum atomic E-state index is 0.0293. The van der Waals surface area contributed by atoms with Gasteiger partial charge in [-0.1, -0.05) is 6.92 Å². The summed E-state index contributed by atoms with van der Waals surface area (Å²) in [5, 5.41) is 2.91. The van der Waals surface area contributed by atoms with E-state index in [1.54, 1.807) is 24.3 Å². The molecule has 0 spiro atoms. The number of hydrogen-bond donors (Lipinski definition) is 2. The lowest BCUT2D eigenvalue weighted by molar-refractivity contribution is -0.117. The van der Waals surface area contributed by atoms with Gasteiger partial charge in [0.25, 0.3) is 5.91 Å². The summed E-state index contributed by atoms with van der Waals surface area (Å²) >= 11 is 0. The monoisotopic (exact) mass is 301 g/mol. The Kier molecular flexibility index (Phi) is 4.16. The van der Waals surface area contributed by atoms with Gasteiger partial charge in [0.15, 0.2) is 0 Å². The number of carbonyl (C=O) groups is 2. The van der Waals surface area contributed by atoms with Gasteiger partial charge in [0.2, 0.25) is 5.91 Å². The molecule has 1 aromatic carbocycles. The number of likely N-dealkylation sites (tertiary alicyclic amines) is 1. The van der Waals surface area contributed by atoms with Crippen LogP contribution in [0.2, 0.25) is 0 Å². The maximum absolute atomic E-state index is 12.5. The molecule has 2 fully saturated rings. The molecule has 3 unspecified atom stereocenters. The van der Waals surface area contributed by atoms with E-state index in [9.17, 15) is 9.59 Å². The van der Waals surface area contributed by atoms with Crippen molar-refractivity contribution in [2.45, 2.75) is 32.2 Å². The maximum Gasteiger partial charge on any atom is 0.254 e. The van der Waals surface area contributed by atoms with Crippen molar-refractivity contribution in [1.82, 2.24) is 4.90 Å². The lowest BCUT2D eigenvalue weighted by Gasteiger charge is -2.23. The number of rotatable bonds is 4. The molecular weight excluding hydrogens is 278 g/mol. The Bertz CT molecular complexity index is 570. The van der Waals surface area contributed by atoms with E-state index in [1.165, 1.54) is 0 Å². The van der Waals surface area contributed by atoms with E-state index in [0.29, 0.717) is 18.0 Å². The van der Waals surface area contributed by atoms with E-state index in [4.69, 9.17) is 5.73 Å². The second-order valence-corrected chi connectivity index (χ2v) is 6.42. The number of nitrogens with two attached hydrogens (primary N) is 1. The molecule has 1 aliphatic heterocycles. The lowest BCUT2D eigenvalue weighted by atomic mass is 10.1. The number of amides is 2. The third-order valence-corrected chi connectivity index (χ3v) is 4.76. The Hall–Kier alpha value is -1.88. The van der Waals surface area contributed by atoms with Crippen LogP contribution in [0.3, 0.4) is 0 Å². The third kappa shape index (κ3) is 2.99. The van der Waals surface area contributed by atoms with Crippen LogP contribution in [-0.4, -0.2) is 35.8 Å². The van der Waals surface area contributed by atoms with Gasteiger partial charge in [-0.2, -0.15) is 0 Å². The first-order valence-corrected chi connectivity index (χ1v) is 8.02. The molecule has 118 valence electrons. The van der Waals surface area contributed by atoms with Gasteiger partial charge in [-0.15, -0.1) is 0 Å². The highest BCUT2D eigenvalue weighted by atomic mass is 16.2. The van der Waals surface area contributed by atoms with Crippen molar-refractivity contribution in [3.05, 3.63) is 29.8 Å². The van der Waals surface area contributed by atoms with Crippen LogP contribution >= 0.6 is 0 Å². The van der Waals surface area contributed by atoms with Crippen LogP contribution < -0.4 is 11.1 Å². The molecule has 5 nitrogen and oxygen atoms in total. The Morgan fingerprint density at radius 1 is 1.32 bits per heavy atom. The van der Waals surface area contributed by atoms with Crippen molar-refractivity contribution < 1.29 is 9.59 Å². The van der Waals surface area contributed by atoms with E-state index in [0.717, 1.165) is 31.5 Å². The second kappa shape index (κ2) is 6.08. The normalized spacial score (nSPS) is 26.8. The molecule has 2 aliphatic rings. The Labute approximate surface area is 130 Å². The zero-order chi connectivity index (χ0) is 15.7. The number of hydrogen-bond acceptors (Lipinski definition) is 3. The number of carbonyl (C=O) groups excluding carboxylic acids is 2. The highest BCUT2D eigenvalue weighted by molar-refractivity contribution is 5.97. The van der Waals surface area contributed by atoms with E-state index in [-0.39, 0.29) is 23.8 Å². The van der Waals surface area contributed by atoms with Crippen molar-refractivity contribution >= 4 is 17.5 Å². The molecule has 1 heterocycles. The van der Waals surface area contributed by atoms with Crippen LogP contribution in [-0.2, 0) is 4.79 Å². The zero-order valence-electron chi connectivity index (χ0n) is 12.9. The molecule has 3 atom stereocenters. The van der Waals surface area contributed by atoms with Crippen LogP contribution in [0.1, 0.15) is 36.5 Å². The topological polar surface area (TPSA) is 75.4 Å². The summed E-state index contributed by atoms with van der Waals surface area (Å²) in [5.74, 6) is 0.747. The number of benzene rings is 1. The summed E-state index contributed by atoms with van der Waals surface area (Å²) in [6.07, 6.45) is 2.97. The third-order valence-electron chi connectivity index (χ3n) is 4.76. The van der Waals surface area contributed by atoms with Gasteiger partial charge in [-0.3, -0.25) is 9.59 Å². The number of anilines is 1. The number of nitrogens with one attached hydrogen (secondary N) is 1. The first-order chi connectivity index (χ1) is 10.6. The van der Waals surface area contributed by atoms with Crippen molar-refractivity contribution in [3.8, 4) is 0 Å². The van der Waals surface area contributed by atoms with Crippen LogP contribution in [0.25, 0.3) is 0 Å². The predicted octanol–water partition coefficient (Wildman–Crippen LogP) is 1.84. The highest BCUT2D eigenvalue weighted by Crippen LogP contribution is 2.38. The van der Waals surface area contributed by atoms with Crippen molar-refractivity contribution in [2.75, 3.05) is 18.4 Å². The summed E-state index contributed by atoms with van der Waals surface area (Å²) in [6, 6.07) is 7.31. The summed E-state index contributed by atoms with van der Waals surface area (Å²) in [6.45, 7) is 3.37. The molecule has 3 N–H and O–H groups in total. The van der Waals surface area contributed by atoms with Crippen LogP contribution in [0.15, 0.2) is 24.3 Å². The smallest absolute Gasteiger partial charge is 0.254 e. The summed E-state index contributed by atoms with van der Waals surface area (Å²) in [7, 11) is 0. The van der Waals surface area contributed by atoms with Gasteiger partial charge in [0.05, 0.1) is 0 Å². The van der Waals surface area contributed by atoms with Crippen molar-refractivity contribution in [1.29, 1.82) is 0 Å². The fourth-order valence-electron chi connectivity index (χ4n) is 3.13. The standard InChI is InChI=1S/C17H23N3O2/c1-11-9-15(11)16(21)19-13-6-4-12(5-7-13)17(22)20-8-2-3-14(20)10-18/h4-7,11,14-15H,2-3,8-10,18H2,1H3,(H,19,21). The maximum atomic E-state index is 12.5. The van der Waals surface area contributed by atoms with Crippen molar-refractivity contribution in [2.24, 2.45) is 17.6 Å². The average molecular weight is 301 g/mol. The molecular formula is C17H23N3O2. The summed E-state index contributed by atoms with van der Waals surface area (Å²) in [4.78, 5) is 26.2. The molecule has 2 amide bonds. The minimum absolute atomic E-state index is 0.0293. The fraction of sp³-hybridized carbons (Fsp3) is 0.529. The largest absolute Gasteiger partial charge is 0.334 e. The van der Waals surface area contributed by atoms with Gasteiger partial charge in [-0.25, -0.2) is 0 Å². The van der Waals surface area contributed by atoms with E-state index < -0.39 is 0 Å². The van der Waals surface area contributed by atoms with E-state index >= 15 is 0 Å². The number of nitrogens with zero attached hydrogens (tertiary/aromatic N) is 1. The van der Waals surface area contributed by atoms with Gasteiger partial charge >= 0.3 is 0 Å². The van der Waals surface area contributed by atoms with Gasteiger partial charge < -0.3 is 16.0 Å². The molecule has 1 saturated heterocycles. The lowest BCUT2D eigenvalue weighted by Crippen LogP contribution is -2.39. The second-order valence-electron chi connectivity index (χ2n) is 6.42. The molecule has 0 bridgehead atoms. The minimum Gasteiger partial charge on any atom is -0.334 e. The molecule has 1 aromatic rings. The fourth-order valence-corrected chi connectivity index (χ4v) is 3.13. The molecule has 1 saturated carbocycles. The van der Waals surface area contributed by atoms with Gasteiger partial charge in [-0.05, 0) is 49.4 Å². The zero-order valence-corrected chi connectivity index (χ0v) is 12.9. The van der Waals surface area contributed by atoms with E-state index in [1.807, 2.05) is 4.90 Å².